The highest BCUT2D eigenvalue weighted by Crippen LogP contribution is 2.17. The quantitative estimate of drug-likeness (QED) is 0.692. The maximum Gasteiger partial charge on any atom is 0.0669 e. The number of hydrogen-bond donors (Lipinski definition) is 1. The van der Waals surface area contributed by atoms with Crippen molar-refractivity contribution in [2.45, 2.75) is 38.8 Å². The summed E-state index contributed by atoms with van der Waals surface area (Å²) in [5.74, 6) is 0.0789. The van der Waals surface area contributed by atoms with Crippen molar-refractivity contribution in [3.8, 4) is 6.07 Å². The van der Waals surface area contributed by atoms with E-state index in [1.807, 2.05) is 6.92 Å². The van der Waals surface area contributed by atoms with Crippen molar-refractivity contribution in [3.05, 3.63) is 0 Å². The lowest BCUT2D eigenvalue weighted by Gasteiger charge is -2.35. The summed E-state index contributed by atoms with van der Waals surface area (Å²) < 4.78 is 0. The van der Waals surface area contributed by atoms with Crippen LogP contribution in [0.5, 0.6) is 0 Å². The van der Waals surface area contributed by atoms with E-state index in [0.717, 1.165) is 25.9 Å². The van der Waals surface area contributed by atoms with E-state index in [4.69, 9.17) is 5.26 Å². The molecule has 1 N–H and O–H groups in total. The highest BCUT2D eigenvalue weighted by Gasteiger charge is 2.24. The van der Waals surface area contributed by atoms with E-state index in [2.05, 4.69) is 17.9 Å². The van der Waals surface area contributed by atoms with Gasteiger partial charge in [0.2, 0.25) is 0 Å². The largest absolute Gasteiger partial charge is 0.393 e. The molecule has 1 rings (SSSR count). The van der Waals surface area contributed by atoms with Gasteiger partial charge in [-0.1, -0.05) is 0 Å². The molecule has 0 bridgehead atoms. The van der Waals surface area contributed by atoms with Gasteiger partial charge in [0, 0.05) is 19.1 Å². The van der Waals surface area contributed by atoms with Crippen LogP contribution in [0.2, 0.25) is 0 Å². The SMILES string of the molecule is CC(C#N)C(C)N1CCC(O)CC1. The van der Waals surface area contributed by atoms with Crippen LogP contribution in [0, 0.1) is 17.2 Å². The molecule has 0 aromatic carbocycles. The Morgan fingerprint density at radius 3 is 2.38 bits per heavy atom. The minimum absolute atomic E-state index is 0.0789. The molecule has 0 saturated carbocycles. The fourth-order valence-corrected chi connectivity index (χ4v) is 1.72. The van der Waals surface area contributed by atoms with E-state index in [1.54, 1.807) is 0 Å². The molecule has 0 spiro atoms. The van der Waals surface area contributed by atoms with Crippen LogP contribution in [0.15, 0.2) is 0 Å². The molecule has 3 heteroatoms. The molecule has 1 fully saturated rings. The van der Waals surface area contributed by atoms with Crippen LogP contribution in [0.25, 0.3) is 0 Å². The van der Waals surface area contributed by atoms with Crippen LogP contribution in [0.4, 0.5) is 0 Å². The molecular weight excluding hydrogens is 164 g/mol. The molecule has 3 nitrogen and oxygen atoms in total. The Morgan fingerprint density at radius 1 is 1.38 bits per heavy atom. The zero-order chi connectivity index (χ0) is 9.84. The molecule has 0 aliphatic carbocycles. The summed E-state index contributed by atoms with van der Waals surface area (Å²) >= 11 is 0. The van der Waals surface area contributed by atoms with Crippen molar-refractivity contribution in [2.24, 2.45) is 5.92 Å². The van der Waals surface area contributed by atoms with Gasteiger partial charge in [-0.2, -0.15) is 5.26 Å². The number of nitrogens with zero attached hydrogens (tertiary/aromatic N) is 2. The number of hydrogen-bond acceptors (Lipinski definition) is 3. The third-order valence-corrected chi connectivity index (χ3v) is 3.00. The zero-order valence-corrected chi connectivity index (χ0v) is 8.40. The molecule has 0 aromatic rings. The molecule has 1 aliphatic rings. The number of aliphatic hydroxyl groups is 1. The van der Waals surface area contributed by atoms with Crippen LogP contribution in [-0.4, -0.2) is 35.2 Å². The standard InChI is InChI=1S/C10H18N2O/c1-8(7-11)9(2)12-5-3-10(13)4-6-12/h8-10,13H,3-6H2,1-2H3. The Hall–Kier alpha value is -0.590. The van der Waals surface area contributed by atoms with E-state index in [-0.39, 0.29) is 12.0 Å². The van der Waals surface area contributed by atoms with Crippen molar-refractivity contribution >= 4 is 0 Å². The highest BCUT2D eigenvalue weighted by molar-refractivity contribution is 4.89. The van der Waals surface area contributed by atoms with Crippen molar-refractivity contribution in [2.75, 3.05) is 13.1 Å². The van der Waals surface area contributed by atoms with Crippen molar-refractivity contribution < 1.29 is 5.11 Å². The number of likely N-dealkylation sites (tertiary alicyclic amines) is 1. The Bertz CT molecular complexity index is 192. The first-order valence-corrected chi connectivity index (χ1v) is 4.97. The smallest absolute Gasteiger partial charge is 0.0669 e. The maximum absolute atomic E-state index is 9.31. The minimum atomic E-state index is -0.124. The molecule has 2 unspecified atom stereocenters. The highest BCUT2D eigenvalue weighted by atomic mass is 16.3. The summed E-state index contributed by atoms with van der Waals surface area (Å²) in [6.07, 6.45) is 1.58. The zero-order valence-electron chi connectivity index (χ0n) is 8.40. The molecule has 2 atom stereocenters. The second kappa shape index (κ2) is 4.59. The lowest BCUT2D eigenvalue weighted by molar-refractivity contribution is 0.0573. The summed E-state index contributed by atoms with van der Waals surface area (Å²) in [5, 5.41) is 18.1. The maximum atomic E-state index is 9.31. The second-order valence-electron chi connectivity index (χ2n) is 3.93. The normalized spacial score (nSPS) is 25.1. The molecule has 0 aromatic heterocycles. The third-order valence-electron chi connectivity index (χ3n) is 3.00. The Morgan fingerprint density at radius 2 is 1.92 bits per heavy atom. The Kier molecular flexibility index (Phi) is 3.71. The van der Waals surface area contributed by atoms with Crippen LogP contribution in [0.3, 0.4) is 0 Å². The van der Waals surface area contributed by atoms with Gasteiger partial charge in [-0.15, -0.1) is 0 Å². The number of rotatable bonds is 2. The van der Waals surface area contributed by atoms with Crippen molar-refractivity contribution in [3.63, 3.8) is 0 Å². The number of aliphatic hydroxyl groups excluding tert-OH is 1. The van der Waals surface area contributed by atoms with Gasteiger partial charge in [0.05, 0.1) is 18.1 Å². The van der Waals surface area contributed by atoms with E-state index in [1.165, 1.54) is 0 Å². The summed E-state index contributed by atoms with van der Waals surface area (Å²) in [7, 11) is 0. The Balaban J connectivity index is 2.40. The number of piperidine rings is 1. The monoisotopic (exact) mass is 182 g/mol. The molecule has 74 valence electrons. The van der Waals surface area contributed by atoms with Crippen molar-refractivity contribution in [1.82, 2.24) is 4.90 Å². The van der Waals surface area contributed by atoms with Gasteiger partial charge >= 0.3 is 0 Å². The van der Waals surface area contributed by atoms with Crippen LogP contribution in [-0.2, 0) is 0 Å². The lowest BCUT2D eigenvalue weighted by Crippen LogP contribution is -2.43. The van der Waals surface area contributed by atoms with E-state index < -0.39 is 0 Å². The average Bonchev–Trinajstić information content (AvgIpc) is 2.17. The molecule has 1 aliphatic heterocycles. The van der Waals surface area contributed by atoms with Gasteiger partial charge in [0.25, 0.3) is 0 Å². The summed E-state index contributed by atoms with van der Waals surface area (Å²) in [6.45, 7) is 5.89. The Labute approximate surface area is 80.0 Å². The first kappa shape index (κ1) is 10.5. The summed E-state index contributed by atoms with van der Waals surface area (Å²) in [5.41, 5.74) is 0. The summed E-state index contributed by atoms with van der Waals surface area (Å²) in [6, 6.07) is 2.59. The molecule has 13 heavy (non-hydrogen) atoms. The predicted octanol–water partition coefficient (Wildman–Crippen LogP) is 0.991. The predicted molar refractivity (Wildman–Crippen MR) is 51.1 cm³/mol. The van der Waals surface area contributed by atoms with E-state index >= 15 is 0 Å². The minimum Gasteiger partial charge on any atom is -0.393 e. The molecular formula is C10H18N2O. The fraction of sp³-hybridized carbons (Fsp3) is 0.900. The fourth-order valence-electron chi connectivity index (χ4n) is 1.72. The van der Waals surface area contributed by atoms with Gasteiger partial charge in [0.15, 0.2) is 0 Å². The van der Waals surface area contributed by atoms with Gasteiger partial charge < -0.3 is 5.11 Å². The van der Waals surface area contributed by atoms with Gasteiger partial charge in [0.1, 0.15) is 0 Å². The molecule has 0 amide bonds. The third kappa shape index (κ3) is 2.68. The summed E-state index contributed by atoms with van der Waals surface area (Å²) in [4.78, 5) is 2.29. The van der Waals surface area contributed by atoms with Crippen LogP contribution in [0.1, 0.15) is 26.7 Å². The van der Waals surface area contributed by atoms with Crippen LogP contribution < -0.4 is 0 Å². The van der Waals surface area contributed by atoms with Gasteiger partial charge in [-0.05, 0) is 26.7 Å². The van der Waals surface area contributed by atoms with Crippen LogP contribution >= 0.6 is 0 Å². The molecule has 1 heterocycles. The number of nitriles is 1. The van der Waals surface area contributed by atoms with Gasteiger partial charge in [-0.25, -0.2) is 0 Å². The van der Waals surface area contributed by atoms with Crippen molar-refractivity contribution in [1.29, 1.82) is 5.26 Å². The molecule has 0 radical (unpaired) electrons. The molecule has 1 saturated heterocycles. The second-order valence-corrected chi connectivity index (χ2v) is 3.93. The van der Waals surface area contributed by atoms with E-state index in [9.17, 15) is 5.11 Å². The topological polar surface area (TPSA) is 47.3 Å². The first-order valence-electron chi connectivity index (χ1n) is 4.97. The first-order chi connectivity index (χ1) is 6.15. The average molecular weight is 182 g/mol. The van der Waals surface area contributed by atoms with E-state index in [0.29, 0.717) is 6.04 Å². The van der Waals surface area contributed by atoms with Gasteiger partial charge in [-0.3, -0.25) is 4.90 Å². The lowest BCUT2D eigenvalue weighted by atomic mass is 10.00.